The molecular weight excluding hydrogens is 362 g/mol. The predicted octanol–water partition coefficient (Wildman–Crippen LogP) is 1.95. The maximum atomic E-state index is 13.0. The number of rotatable bonds is 3. The standard InChI is InChI=1S/C16H19N3O4S2/c1-10-7-13(23-17-10)14-3-4-16(24-14)25(21,22)19-6-5-11-8-15(20)18(2)12(11)9-19/h3-4,7,11-12H,5-6,8-9H2,1-2H3/t11-,12-/m1/s1. The number of amides is 1. The molecule has 9 heteroatoms. The Kier molecular flexibility index (Phi) is 3.97. The Morgan fingerprint density at radius 2 is 2.16 bits per heavy atom. The number of carbonyl (C=O) groups excluding carboxylic acids is 1. The lowest BCUT2D eigenvalue weighted by Crippen LogP contribution is -2.49. The average Bonchev–Trinajstić information content (AvgIpc) is 3.28. The molecule has 0 radical (unpaired) electrons. The molecule has 0 N–H and O–H groups in total. The van der Waals surface area contributed by atoms with Gasteiger partial charge in [0.15, 0.2) is 5.76 Å². The van der Waals surface area contributed by atoms with E-state index < -0.39 is 10.0 Å². The van der Waals surface area contributed by atoms with Gasteiger partial charge < -0.3 is 9.42 Å². The van der Waals surface area contributed by atoms with Crippen LogP contribution in [0.2, 0.25) is 0 Å². The molecule has 2 aromatic heterocycles. The number of sulfonamides is 1. The normalized spacial score (nSPS) is 24.7. The molecule has 0 spiro atoms. The number of thiophene rings is 1. The van der Waals surface area contributed by atoms with Crippen LogP contribution in [0.1, 0.15) is 18.5 Å². The topological polar surface area (TPSA) is 83.7 Å². The molecule has 2 saturated heterocycles. The van der Waals surface area contributed by atoms with Crippen LogP contribution in [0.25, 0.3) is 10.6 Å². The molecule has 2 fully saturated rings. The Morgan fingerprint density at radius 1 is 1.36 bits per heavy atom. The third-order valence-electron chi connectivity index (χ3n) is 5.06. The van der Waals surface area contributed by atoms with E-state index in [2.05, 4.69) is 5.16 Å². The van der Waals surface area contributed by atoms with E-state index in [9.17, 15) is 13.2 Å². The molecule has 2 aliphatic rings. The highest BCUT2D eigenvalue weighted by atomic mass is 32.2. The van der Waals surface area contributed by atoms with Crippen LogP contribution in [-0.4, -0.2) is 54.9 Å². The van der Waals surface area contributed by atoms with E-state index in [1.165, 1.54) is 15.6 Å². The van der Waals surface area contributed by atoms with Crippen molar-refractivity contribution in [3.8, 4) is 10.6 Å². The first-order chi connectivity index (χ1) is 11.9. The number of likely N-dealkylation sites (N-methyl/N-ethyl adjacent to an activating group) is 1. The van der Waals surface area contributed by atoms with Gasteiger partial charge in [0, 0.05) is 38.7 Å². The van der Waals surface area contributed by atoms with Crippen LogP contribution in [0.5, 0.6) is 0 Å². The fraction of sp³-hybridized carbons (Fsp3) is 0.500. The molecule has 0 unspecified atom stereocenters. The first-order valence-corrected chi connectivity index (χ1v) is 10.4. The molecule has 2 aliphatic heterocycles. The molecular formula is C16H19N3O4S2. The lowest BCUT2D eigenvalue weighted by Gasteiger charge is -2.35. The number of nitrogens with zero attached hydrogens (tertiary/aromatic N) is 3. The molecule has 0 aliphatic carbocycles. The molecule has 1 amide bonds. The summed E-state index contributed by atoms with van der Waals surface area (Å²) >= 11 is 1.18. The minimum Gasteiger partial charge on any atom is -0.355 e. The summed E-state index contributed by atoms with van der Waals surface area (Å²) in [6.07, 6.45) is 1.25. The van der Waals surface area contributed by atoms with Crippen LogP contribution in [0.15, 0.2) is 26.9 Å². The lowest BCUT2D eigenvalue weighted by molar-refractivity contribution is -0.127. The number of aromatic nitrogens is 1. The van der Waals surface area contributed by atoms with Crippen LogP contribution in [-0.2, 0) is 14.8 Å². The third kappa shape index (κ3) is 2.80. The van der Waals surface area contributed by atoms with Crippen molar-refractivity contribution in [2.75, 3.05) is 20.1 Å². The van der Waals surface area contributed by atoms with Gasteiger partial charge in [0.1, 0.15) is 4.21 Å². The SMILES string of the molecule is Cc1cc(-c2ccc(S(=O)(=O)N3CC[C@@H]4CC(=O)N(C)[C@@H]4C3)s2)on1. The minimum atomic E-state index is -3.57. The Morgan fingerprint density at radius 3 is 2.88 bits per heavy atom. The van der Waals surface area contributed by atoms with E-state index >= 15 is 0 Å². The molecule has 4 heterocycles. The van der Waals surface area contributed by atoms with E-state index in [1.807, 2.05) is 6.92 Å². The second kappa shape index (κ2) is 5.93. The summed E-state index contributed by atoms with van der Waals surface area (Å²) in [5, 5.41) is 3.84. The highest BCUT2D eigenvalue weighted by Crippen LogP contribution is 2.36. The van der Waals surface area contributed by atoms with Gasteiger partial charge in [-0.05, 0) is 31.4 Å². The molecule has 0 saturated carbocycles. The Labute approximate surface area is 150 Å². The predicted molar refractivity (Wildman–Crippen MR) is 92.6 cm³/mol. The highest BCUT2D eigenvalue weighted by molar-refractivity contribution is 7.91. The molecule has 2 atom stereocenters. The van der Waals surface area contributed by atoms with Gasteiger partial charge in [-0.15, -0.1) is 11.3 Å². The number of likely N-dealkylation sites (tertiary alicyclic amines) is 1. The van der Waals surface area contributed by atoms with Crippen molar-refractivity contribution in [3.63, 3.8) is 0 Å². The molecule has 134 valence electrons. The van der Waals surface area contributed by atoms with Crippen LogP contribution in [0, 0.1) is 12.8 Å². The Balaban J connectivity index is 1.58. The van der Waals surface area contributed by atoms with Crippen LogP contribution in [0.4, 0.5) is 0 Å². The van der Waals surface area contributed by atoms with Gasteiger partial charge in [-0.3, -0.25) is 4.79 Å². The largest absolute Gasteiger partial charge is 0.355 e. The summed E-state index contributed by atoms with van der Waals surface area (Å²) in [5.74, 6) is 0.942. The van der Waals surface area contributed by atoms with Gasteiger partial charge in [-0.2, -0.15) is 4.31 Å². The van der Waals surface area contributed by atoms with Crippen molar-refractivity contribution in [1.82, 2.24) is 14.4 Å². The lowest BCUT2D eigenvalue weighted by atomic mass is 9.93. The number of fused-ring (bicyclic) bond motifs is 1. The summed E-state index contributed by atoms with van der Waals surface area (Å²) in [5.41, 5.74) is 0.754. The summed E-state index contributed by atoms with van der Waals surface area (Å²) in [4.78, 5) is 14.3. The molecule has 0 aromatic carbocycles. The summed E-state index contributed by atoms with van der Waals surface area (Å²) in [6.45, 7) is 2.64. The van der Waals surface area contributed by atoms with Crippen molar-refractivity contribution >= 4 is 27.3 Å². The smallest absolute Gasteiger partial charge is 0.252 e. The zero-order valence-corrected chi connectivity index (χ0v) is 15.6. The second-order valence-corrected chi connectivity index (χ2v) is 9.89. The van der Waals surface area contributed by atoms with E-state index in [4.69, 9.17) is 4.52 Å². The van der Waals surface area contributed by atoms with E-state index in [1.54, 1.807) is 30.1 Å². The van der Waals surface area contributed by atoms with Gasteiger partial charge in [-0.25, -0.2) is 8.42 Å². The van der Waals surface area contributed by atoms with Crippen molar-refractivity contribution in [1.29, 1.82) is 0 Å². The van der Waals surface area contributed by atoms with Crippen LogP contribution < -0.4 is 0 Å². The quantitative estimate of drug-likeness (QED) is 0.811. The van der Waals surface area contributed by atoms with Crippen molar-refractivity contribution in [2.45, 2.75) is 30.0 Å². The van der Waals surface area contributed by atoms with Gasteiger partial charge in [-0.1, -0.05) is 5.16 Å². The van der Waals surface area contributed by atoms with Gasteiger partial charge >= 0.3 is 0 Å². The van der Waals surface area contributed by atoms with E-state index in [0.29, 0.717) is 29.5 Å². The zero-order valence-electron chi connectivity index (χ0n) is 14.0. The van der Waals surface area contributed by atoms with Crippen LogP contribution >= 0.6 is 11.3 Å². The number of carbonyl (C=O) groups is 1. The van der Waals surface area contributed by atoms with Crippen molar-refractivity contribution in [3.05, 3.63) is 23.9 Å². The maximum absolute atomic E-state index is 13.0. The Bertz CT molecular complexity index is 917. The first kappa shape index (κ1) is 16.7. The van der Waals surface area contributed by atoms with Gasteiger partial charge in [0.25, 0.3) is 10.0 Å². The molecule has 25 heavy (non-hydrogen) atoms. The van der Waals surface area contributed by atoms with E-state index in [-0.39, 0.29) is 17.9 Å². The Hall–Kier alpha value is -1.71. The zero-order chi connectivity index (χ0) is 17.8. The number of aryl methyl sites for hydroxylation is 1. The minimum absolute atomic E-state index is 0.0209. The average molecular weight is 381 g/mol. The van der Waals surface area contributed by atoms with Crippen LogP contribution in [0.3, 0.4) is 0 Å². The van der Waals surface area contributed by atoms with Gasteiger partial charge in [0.2, 0.25) is 5.91 Å². The number of hydrogen-bond donors (Lipinski definition) is 0. The third-order valence-corrected chi connectivity index (χ3v) is 8.49. The number of hydrogen-bond acceptors (Lipinski definition) is 6. The highest BCUT2D eigenvalue weighted by Gasteiger charge is 2.44. The van der Waals surface area contributed by atoms with Crippen molar-refractivity contribution in [2.24, 2.45) is 5.92 Å². The monoisotopic (exact) mass is 381 g/mol. The fourth-order valence-corrected chi connectivity index (χ4v) is 6.48. The van der Waals surface area contributed by atoms with Crippen molar-refractivity contribution < 1.29 is 17.7 Å². The maximum Gasteiger partial charge on any atom is 0.252 e. The molecule has 7 nitrogen and oxygen atoms in total. The van der Waals surface area contributed by atoms with Gasteiger partial charge in [0.05, 0.1) is 10.6 Å². The summed E-state index contributed by atoms with van der Waals surface area (Å²) in [6, 6.07) is 5.12. The first-order valence-electron chi connectivity index (χ1n) is 8.15. The summed E-state index contributed by atoms with van der Waals surface area (Å²) in [7, 11) is -1.81. The molecule has 4 rings (SSSR count). The molecule has 0 bridgehead atoms. The van der Waals surface area contributed by atoms with E-state index in [0.717, 1.165) is 17.0 Å². The number of piperidine rings is 1. The second-order valence-electron chi connectivity index (χ2n) is 6.64. The summed E-state index contributed by atoms with van der Waals surface area (Å²) < 4.78 is 33.0. The molecule has 2 aromatic rings. The fourth-order valence-electron chi connectivity index (χ4n) is 3.60.